The largest absolute Gasteiger partial charge is 0.378 e. The quantitative estimate of drug-likeness (QED) is 0.802. The molecule has 0 aliphatic carbocycles. The van der Waals surface area contributed by atoms with E-state index in [0.29, 0.717) is 0 Å². The zero-order valence-corrected chi connectivity index (χ0v) is 16.1. The molecule has 4 heteroatoms. The third-order valence-corrected chi connectivity index (χ3v) is 4.61. The zero-order valence-electron chi connectivity index (χ0n) is 15.3. The first kappa shape index (κ1) is 18.3. The summed E-state index contributed by atoms with van der Waals surface area (Å²) in [5.74, 6) is 0. The number of aryl methyl sites for hydroxylation is 2. The summed E-state index contributed by atoms with van der Waals surface area (Å²) in [7, 11) is 4.10. The van der Waals surface area contributed by atoms with Crippen molar-refractivity contribution in [3.63, 3.8) is 0 Å². The molecule has 2 rings (SSSR count). The van der Waals surface area contributed by atoms with Gasteiger partial charge in [-0.2, -0.15) is 0 Å². The van der Waals surface area contributed by atoms with E-state index in [1.807, 2.05) is 0 Å². The molecule has 0 bridgehead atoms. The van der Waals surface area contributed by atoms with Gasteiger partial charge in [0.1, 0.15) is 0 Å². The Morgan fingerprint density at radius 3 is 2.21 bits per heavy atom. The molecule has 24 heavy (non-hydrogen) atoms. The van der Waals surface area contributed by atoms with Gasteiger partial charge in [-0.3, -0.25) is 0 Å². The third kappa shape index (κ3) is 4.71. The summed E-state index contributed by atoms with van der Waals surface area (Å²) in [5.41, 5.74) is 6.07. The predicted octanol–water partition coefficient (Wildman–Crippen LogP) is 4.59. The summed E-state index contributed by atoms with van der Waals surface area (Å²) < 4.78 is 0. The number of hydrogen-bond donors (Lipinski definition) is 1. The van der Waals surface area contributed by atoms with Gasteiger partial charge in [-0.1, -0.05) is 18.2 Å². The van der Waals surface area contributed by atoms with Crippen LogP contribution >= 0.6 is 12.2 Å². The Kier molecular flexibility index (Phi) is 6.21. The highest BCUT2D eigenvalue weighted by molar-refractivity contribution is 7.80. The van der Waals surface area contributed by atoms with Gasteiger partial charge in [0.2, 0.25) is 0 Å². The molecule has 0 amide bonds. The normalized spacial score (nSPS) is 10.4. The molecular weight excluding hydrogens is 314 g/mol. The van der Waals surface area contributed by atoms with E-state index >= 15 is 0 Å². The molecule has 0 aliphatic rings. The lowest BCUT2D eigenvalue weighted by Crippen LogP contribution is -2.34. The molecule has 2 aromatic rings. The van der Waals surface area contributed by atoms with E-state index in [1.165, 1.54) is 22.4 Å². The number of nitrogens with zero attached hydrogens (tertiary/aromatic N) is 2. The van der Waals surface area contributed by atoms with Gasteiger partial charge in [-0.15, -0.1) is 0 Å². The summed E-state index contributed by atoms with van der Waals surface area (Å²) in [6.45, 7) is 8.04. The van der Waals surface area contributed by atoms with Crippen LogP contribution in [0.4, 0.5) is 11.4 Å². The van der Waals surface area contributed by atoms with Gasteiger partial charge in [-0.05, 0) is 73.9 Å². The van der Waals surface area contributed by atoms with Crippen LogP contribution in [0.3, 0.4) is 0 Å². The van der Waals surface area contributed by atoms with Crippen LogP contribution < -0.4 is 10.2 Å². The van der Waals surface area contributed by atoms with Crippen molar-refractivity contribution in [2.75, 3.05) is 30.9 Å². The second kappa shape index (κ2) is 8.15. The van der Waals surface area contributed by atoms with Crippen molar-refractivity contribution in [2.24, 2.45) is 0 Å². The summed E-state index contributed by atoms with van der Waals surface area (Å²) in [6, 6.07) is 14.9. The summed E-state index contributed by atoms with van der Waals surface area (Å²) >= 11 is 5.61. The lowest BCUT2D eigenvalue weighted by atomic mass is 10.1. The predicted molar refractivity (Wildman–Crippen MR) is 109 cm³/mol. The molecule has 0 aromatic heterocycles. The lowest BCUT2D eigenvalue weighted by Gasteiger charge is -2.25. The summed E-state index contributed by atoms with van der Waals surface area (Å²) in [5, 5.41) is 4.12. The Hall–Kier alpha value is -2.07. The van der Waals surface area contributed by atoms with Crippen LogP contribution in [-0.2, 0) is 6.54 Å². The molecule has 0 spiro atoms. The average molecular weight is 342 g/mol. The molecule has 0 unspecified atom stereocenters. The number of benzene rings is 2. The second-order valence-electron chi connectivity index (χ2n) is 6.30. The first-order valence-electron chi connectivity index (χ1n) is 8.30. The fourth-order valence-corrected chi connectivity index (χ4v) is 2.78. The first-order valence-corrected chi connectivity index (χ1v) is 8.71. The molecule has 0 aliphatic heterocycles. The van der Waals surface area contributed by atoms with Gasteiger partial charge in [0, 0.05) is 38.6 Å². The number of nitrogens with one attached hydrogen (secondary N) is 1. The lowest BCUT2D eigenvalue weighted by molar-refractivity contribution is 0.442. The monoisotopic (exact) mass is 341 g/mol. The van der Waals surface area contributed by atoms with E-state index in [9.17, 15) is 0 Å². The van der Waals surface area contributed by atoms with Crippen LogP contribution in [0.1, 0.15) is 23.6 Å². The van der Waals surface area contributed by atoms with E-state index in [4.69, 9.17) is 12.2 Å². The topological polar surface area (TPSA) is 18.5 Å². The van der Waals surface area contributed by atoms with Crippen molar-refractivity contribution in [1.82, 2.24) is 4.90 Å². The molecule has 128 valence electrons. The maximum absolute atomic E-state index is 5.61. The molecule has 0 fully saturated rings. The van der Waals surface area contributed by atoms with Crippen molar-refractivity contribution in [3.8, 4) is 0 Å². The van der Waals surface area contributed by atoms with E-state index in [2.05, 4.69) is 92.4 Å². The molecular formula is C20H27N3S. The van der Waals surface area contributed by atoms with Gasteiger partial charge in [0.25, 0.3) is 0 Å². The van der Waals surface area contributed by atoms with Crippen molar-refractivity contribution in [1.29, 1.82) is 0 Å². The average Bonchev–Trinajstić information content (AvgIpc) is 2.56. The second-order valence-corrected chi connectivity index (χ2v) is 6.69. The van der Waals surface area contributed by atoms with Crippen LogP contribution in [0.15, 0.2) is 42.5 Å². The van der Waals surface area contributed by atoms with E-state index < -0.39 is 0 Å². The highest BCUT2D eigenvalue weighted by atomic mass is 32.1. The molecule has 0 heterocycles. The van der Waals surface area contributed by atoms with Crippen LogP contribution in [0.5, 0.6) is 0 Å². The van der Waals surface area contributed by atoms with Crippen molar-refractivity contribution >= 4 is 28.7 Å². The third-order valence-electron chi connectivity index (χ3n) is 4.25. The van der Waals surface area contributed by atoms with Gasteiger partial charge in [0.05, 0.1) is 0 Å². The van der Waals surface area contributed by atoms with Crippen LogP contribution in [0.25, 0.3) is 0 Å². The van der Waals surface area contributed by atoms with Gasteiger partial charge < -0.3 is 15.1 Å². The Bertz CT molecular complexity index is 693. The highest BCUT2D eigenvalue weighted by Crippen LogP contribution is 2.17. The van der Waals surface area contributed by atoms with Gasteiger partial charge >= 0.3 is 0 Å². The number of hydrogen-bond acceptors (Lipinski definition) is 2. The molecule has 0 radical (unpaired) electrons. The number of thiocarbonyl (C=S) groups is 1. The Balaban J connectivity index is 2.04. The SMILES string of the molecule is CCN(Cc1ccc(N(C)C)cc1)C(=S)Nc1ccc(C)c(C)c1. The molecule has 2 aromatic carbocycles. The maximum Gasteiger partial charge on any atom is 0.173 e. The molecule has 0 saturated carbocycles. The fourth-order valence-electron chi connectivity index (χ4n) is 2.47. The maximum atomic E-state index is 5.61. The fraction of sp³-hybridized carbons (Fsp3) is 0.350. The molecule has 3 nitrogen and oxygen atoms in total. The zero-order chi connectivity index (χ0) is 17.7. The Labute approximate surface area is 151 Å². The van der Waals surface area contributed by atoms with Gasteiger partial charge in [0.15, 0.2) is 5.11 Å². The molecule has 0 atom stereocenters. The van der Waals surface area contributed by atoms with Crippen LogP contribution in [0.2, 0.25) is 0 Å². The number of rotatable bonds is 5. The number of anilines is 2. The van der Waals surface area contributed by atoms with E-state index in [-0.39, 0.29) is 0 Å². The van der Waals surface area contributed by atoms with Crippen molar-refractivity contribution in [2.45, 2.75) is 27.3 Å². The minimum absolute atomic E-state index is 0.762. The van der Waals surface area contributed by atoms with Crippen molar-refractivity contribution in [3.05, 3.63) is 59.2 Å². The summed E-state index contributed by atoms with van der Waals surface area (Å²) in [6.07, 6.45) is 0. The van der Waals surface area contributed by atoms with Crippen molar-refractivity contribution < 1.29 is 0 Å². The minimum atomic E-state index is 0.762. The molecule has 0 saturated heterocycles. The smallest absolute Gasteiger partial charge is 0.173 e. The molecule has 1 N–H and O–H groups in total. The highest BCUT2D eigenvalue weighted by Gasteiger charge is 2.09. The van der Waals surface area contributed by atoms with E-state index in [0.717, 1.165) is 23.9 Å². The summed E-state index contributed by atoms with van der Waals surface area (Å²) in [4.78, 5) is 4.28. The van der Waals surface area contributed by atoms with E-state index in [1.54, 1.807) is 0 Å². The minimum Gasteiger partial charge on any atom is -0.378 e. The van der Waals surface area contributed by atoms with Crippen LogP contribution in [-0.4, -0.2) is 30.7 Å². The Morgan fingerprint density at radius 1 is 1.00 bits per heavy atom. The Morgan fingerprint density at radius 2 is 1.67 bits per heavy atom. The first-order chi connectivity index (χ1) is 11.4. The van der Waals surface area contributed by atoms with Crippen LogP contribution in [0, 0.1) is 13.8 Å². The standard InChI is InChI=1S/C20H27N3S/c1-6-23(14-17-8-11-19(12-9-17)22(4)5)20(24)21-18-10-7-15(2)16(3)13-18/h7-13H,6,14H2,1-5H3,(H,21,24). The van der Waals surface area contributed by atoms with Gasteiger partial charge in [-0.25, -0.2) is 0 Å².